The van der Waals surface area contributed by atoms with Crippen LogP contribution in [0.2, 0.25) is 0 Å². The van der Waals surface area contributed by atoms with Crippen molar-refractivity contribution in [3.8, 4) is 0 Å². The third kappa shape index (κ3) is 4.10. The Morgan fingerprint density at radius 3 is 2.60 bits per heavy atom. The number of guanidine groups is 1. The number of halogens is 1. The number of hydrogen-bond acceptors (Lipinski definition) is 3. The molecular weight excluding hydrogens is 427 g/mol. The molecule has 5 nitrogen and oxygen atoms in total. The van der Waals surface area contributed by atoms with Crippen LogP contribution < -0.4 is 10.6 Å². The molecule has 2 heterocycles. The number of likely N-dealkylation sites (tertiary alicyclic amines) is 1. The summed E-state index contributed by atoms with van der Waals surface area (Å²) >= 11 is 0. The van der Waals surface area contributed by atoms with Crippen molar-refractivity contribution in [3.63, 3.8) is 0 Å². The van der Waals surface area contributed by atoms with Crippen molar-refractivity contribution >= 4 is 29.9 Å². The summed E-state index contributed by atoms with van der Waals surface area (Å²) in [5.41, 5.74) is 0.183. The molecule has 25 heavy (non-hydrogen) atoms. The molecule has 5 unspecified atom stereocenters. The Balaban J connectivity index is 0.00000225. The fourth-order valence-electron chi connectivity index (χ4n) is 4.85. The molecule has 5 atom stereocenters. The van der Waals surface area contributed by atoms with Crippen LogP contribution in [-0.2, 0) is 4.74 Å². The Kier molecular flexibility index (Phi) is 7.04. The molecule has 3 fully saturated rings. The number of ether oxygens (including phenoxy) is 1. The van der Waals surface area contributed by atoms with Crippen LogP contribution in [0, 0.1) is 17.3 Å². The van der Waals surface area contributed by atoms with Crippen LogP contribution in [0.15, 0.2) is 4.99 Å². The standard InChI is InChI=1S/C19H36N4O.HI/c1-7-20-18(21-15-11-23(12(2)3)10-13(15)4)22-16-14-8-9-24-17(14)19(16,5)6;/h12-17H,7-11H2,1-6H3,(H2,20,21,22);1H. The predicted molar refractivity (Wildman–Crippen MR) is 115 cm³/mol. The van der Waals surface area contributed by atoms with Crippen LogP contribution in [0.3, 0.4) is 0 Å². The van der Waals surface area contributed by atoms with Gasteiger partial charge in [0.1, 0.15) is 0 Å². The average molecular weight is 464 g/mol. The van der Waals surface area contributed by atoms with Crippen molar-refractivity contribution in [3.05, 3.63) is 0 Å². The minimum Gasteiger partial charge on any atom is -0.377 e. The van der Waals surface area contributed by atoms with Gasteiger partial charge in [-0.15, -0.1) is 24.0 Å². The van der Waals surface area contributed by atoms with Crippen LogP contribution in [0.4, 0.5) is 0 Å². The van der Waals surface area contributed by atoms with Crippen molar-refractivity contribution in [2.24, 2.45) is 22.2 Å². The maximum absolute atomic E-state index is 5.92. The lowest BCUT2D eigenvalue weighted by Crippen LogP contribution is -2.68. The second kappa shape index (κ2) is 8.30. The third-order valence-electron chi connectivity index (χ3n) is 6.40. The van der Waals surface area contributed by atoms with E-state index < -0.39 is 0 Å². The smallest absolute Gasteiger partial charge is 0.191 e. The first-order chi connectivity index (χ1) is 11.3. The largest absolute Gasteiger partial charge is 0.377 e. The zero-order chi connectivity index (χ0) is 17.5. The Labute approximate surface area is 170 Å². The molecule has 0 amide bonds. The summed E-state index contributed by atoms with van der Waals surface area (Å²) in [6, 6.07) is 1.55. The van der Waals surface area contributed by atoms with Gasteiger partial charge >= 0.3 is 0 Å². The Morgan fingerprint density at radius 1 is 1.28 bits per heavy atom. The van der Waals surface area contributed by atoms with E-state index in [2.05, 4.69) is 57.1 Å². The molecule has 2 aliphatic heterocycles. The van der Waals surface area contributed by atoms with Crippen LogP contribution in [0.5, 0.6) is 0 Å². The average Bonchev–Trinajstić information content (AvgIpc) is 3.11. The van der Waals surface area contributed by atoms with Gasteiger partial charge in [-0.25, -0.2) is 0 Å². The lowest BCUT2D eigenvalue weighted by atomic mass is 9.57. The molecule has 0 radical (unpaired) electrons. The fourth-order valence-corrected chi connectivity index (χ4v) is 4.85. The van der Waals surface area contributed by atoms with E-state index in [0.717, 1.165) is 25.7 Å². The second-order valence-corrected chi connectivity index (χ2v) is 8.79. The maximum atomic E-state index is 5.92. The molecule has 0 aromatic heterocycles. The van der Waals surface area contributed by atoms with Crippen molar-refractivity contribution < 1.29 is 4.74 Å². The molecule has 3 rings (SSSR count). The van der Waals surface area contributed by atoms with Crippen molar-refractivity contribution in [1.82, 2.24) is 15.5 Å². The van der Waals surface area contributed by atoms with Crippen LogP contribution >= 0.6 is 24.0 Å². The van der Waals surface area contributed by atoms with Gasteiger partial charge in [0.15, 0.2) is 5.96 Å². The van der Waals surface area contributed by atoms with Crippen molar-refractivity contribution in [2.75, 3.05) is 26.2 Å². The molecular formula is C19H37IN4O. The molecule has 2 N–H and O–H groups in total. The first-order valence-electron chi connectivity index (χ1n) is 9.77. The lowest BCUT2D eigenvalue weighted by molar-refractivity contribution is -0.106. The van der Waals surface area contributed by atoms with E-state index in [1.54, 1.807) is 0 Å². The first-order valence-corrected chi connectivity index (χ1v) is 9.77. The molecule has 3 aliphatic rings. The summed E-state index contributed by atoms with van der Waals surface area (Å²) in [7, 11) is 0. The quantitative estimate of drug-likeness (QED) is 0.382. The maximum Gasteiger partial charge on any atom is 0.191 e. The number of nitrogens with zero attached hydrogens (tertiary/aromatic N) is 2. The highest BCUT2D eigenvalue weighted by Crippen LogP contribution is 2.52. The molecule has 0 spiro atoms. The number of aliphatic imine (C=N–C) groups is 1. The van der Waals surface area contributed by atoms with Gasteiger partial charge in [-0.3, -0.25) is 9.89 Å². The topological polar surface area (TPSA) is 48.9 Å². The second-order valence-electron chi connectivity index (χ2n) is 8.79. The number of fused-ring (bicyclic) bond motifs is 1. The van der Waals surface area contributed by atoms with E-state index >= 15 is 0 Å². The summed E-state index contributed by atoms with van der Waals surface area (Å²) < 4.78 is 5.92. The van der Waals surface area contributed by atoms with Gasteiger partial charge in [-0.1, -0.05) is 20.8 Å². The normalized spacial score (nSPS) is 37.4. The lowest BCUT2D eigenvalue weighted by Gasteiger charge is -2.55. The molecule has 0 bridgehead atoms. The van der Waals surface area contributed by atoms with Crippen molar-refractivity contribution in [1.29, 1.82) is 0 Å². The van der Waals surface area contributed by atoms with E-state index in [1.165, 1.54) is 13.0 Å². The van der Waals surface area contributed by atoms with Crippen LogP contribution in [0.1, 0.15) is 48.0 Å². The Morgan fingerprint density at radius 2 is 2.00 bits per heavy atom. The molecule has 0 aromatic carbocycles. The van der Waals surface area contributed by atoms with Gasteiger partial charge in [0, 0.05) is 55.7 Å². The van der Waals surface area contributed by atoms with E-state index in [-0.39, 0.29) is 29.4 Å². The summed E-state index contributed by atoms with van der Waals surface area (Å²) in [5, 5.41) is 7.47. The summed E-state index contributed by atoms with van der Waals surface area (Å²) in [4.78, 5) is 7.28. The highest BCUT2D eigenvalue weighted by Gasteiger charge is 2.59. The number of nitrogens with one attached hydrogen (secondary N) is 2. The first kappa shape index (κ1) is 21.2. The molecule has 1 aliphatic carbocycles. The predicted octanol–water partition coefficient (Wildman–Crippen LogP) is 2.70. The van der Waals surface area contributed by atoms with Gasteiger partial charge in [0.2, 0.25) is 0 Å². The SMILES string of the molecule is CCN=C(NC1CN(C(C)C)CC1C)NC1C2CCOC2C1(C)C.I. The summed E-state index contributed by atoms with van der Waals surface area (Å²) in [6.45, 7) is 17.6. The molecule has 1 saturated carbocycles. The van der Waals surface area contributed by atoms with Gasteiger partial charge in [0.05, 0.1) is 6.10 Å². The monoisotopic (exact) mass is 464 g/mol. The van der Waals surface area contributed by atoms with E-state index in [0.29, 0.717) is 36.1 Å². The molecule has 6 heteroatoms. The van der Waals surface area contributed by atoms with E-state index in [9.17, 15) is 0 Å². The number of hydrogen-bond donors (Lipinski definition) is 2. The summed E-state index contributed by atoms with van der Waals surface area (Å²) in [6.07, 6.45) is 1.59. The minimum atomic E-state index is 0. The Hall–Kier alpha value is -0.0800. The Bertz CT molecular complexity index is 482. The minimum absolute atomic E-state index is 0. The molecule has 0 aromatic rings. The van der Waals surface area contributed by atoms with Crippen LogP contribution in [-0.4, -0.2) is 61.3 Å². The zero-order valence-corrected chi connectivity index (χ0v) is 19.0. The highest BCUT2D eigenvalue weighted by molar-refractivity contribution is 14.0. The third-order valence-corrected chi connectivity index (χ3v) is 6.40. The van der Waals surface area contributed by atoms with Crippen molar-refractivity contribution in [2.45, 2.75) is 72.2 Å². The number of rotatable bonds is 4. The van der Waals surface area contributed by atoms with Gasteiger partial charge < -0.3 is 15.4 Å². The van der Waals surface area contributed by atoms with Gasteiger partial charge in [-0.2, -0.15) is 0 Å². The van der Waals surface area contributed by atoms with Gasteiger partial charge in [0.25, 0.3) is 0 Å². The van der Waals surface area contributed by atoms with Gasteiger partial charge in [-0.05, 0) is 33.1 Å². The van der Waals surface area contributed by atoms with E-state index in [1.807, 2.05) is 0 Å². The highest BCUT2D eigenvalue weighted by atomic mass is 127. The molecule has 146 valence electrons. The zero-order valence-electron chi connectivity index (χ0n) is 16.7. The molecule has 2 saturated heterocycles. The van der Waals surface area contributed by atoms with Crippen LogP contribution in [0.25, 0.3) is 0 Å². The summed E-state index contributed by atoms with van der Waals surface area (Å²) in [5.74, 6) is 2.27. The fraction of sp³-hybridized carbons (Fsp3) is 0.947. The van der Waals surface area contributed by atoms with E-state index in [4.69, 9.17) is 9.73 Å².